The van der Waals surface area contributed by atoms with E-state index in [1.165, 1.54) is 10.6 Å². The summed E-state index contributed by atoms with van der Waals surface area (Å²) in [4.78, 5) is 25.7. The van der Waals surface area contributed by atoms with E-state index in [1.807, 2.05) is 0 Å². The average Bonchev–Trinajstić information content (AvgIpc) is 2.44. The largest absolute Gasteiger partial charge is 0.353 e. The lowest BCUT2D eigenvalue weighted by Crippen LogP contribution is -2.46. The van der Waals surface area contributed by atoms with Crippen LogP contribution in [-0.2, 0) is 11.3 Å². The van der Waals surface area contributed by atoms with Crippen LogP contribution in [0.15, 0.2) is 27.6 Å². The minimum atomic E-state index is -0.176. The monoisotopic (exact) mass is 342 g/mol. The normalized spacial score (nSPS) is 16.1. The second-order valence-corrected chi connectivity index (χ2v) is 5.67. The van der Waals surface area contributed by atoms with E-state index < -0.39 is 0 Å². The van der Waals surface area contributed by atoms with Crippen molar-refractivity contribution in [1.82, 2.24) is 20.1 Å². The number of carbonyl (C=O) groups is 1. The molecule has 1 aliphatic rings. The van der Waals surface area contributed by atoms with E-state index in [-0.39, 0.29) is 18.0 Å². The molecule has 1 aliphatic heterocycles. The summed E-state index contributed by atoms with van der Waals surface area (Å²) in [6, 6.07) is 3.11. The summed E-state index contributed by atoms with van der Waals surface area (Å²) in [5, 5.41) is 6.14. The van der Waals surface area contributed by atoms with Gasteiger partial charge in [0.05, 0.1) is 0 Å². The highest BCUT2D eigenvalue weighted by atomic mass is 79.9. The van der Waals surface area contributed by atoms with Gasteiger partial charge >= 0.3 is 0 Å². The van der Waals surface area contributed by atoms with Gasteiger partial charge in [0.25, 0.3) is 5.56 Å². The number of carbonyl (C=O) groups excluding carboxylic acids is 1. The molecule has 2 heterocycles. The smallest absolute Gasteiger partial charge is 0.251 e. The first-order valence-corrected chi connectivity index (χ1v) is 7.50. The standard InChI is InChI=1S/C13H19BrN4O2/c14-11-1-2-13(20)18(9-11)10-12(19)16-5-8-17-6-3-15-4-7-17/h1-2,9,15H,3-8,10H2,(H,16,19). The Labute approximate surface area is 126 Å². The van der Waals surface area contributed by atoms with Crippen LogP contribution in [-0.4, -0.2) is 54.6 Å². The highest BCUT2D eigenvalue weighted by molar-refractivity contribution is 9.10. The van der Waals surface area contributed by atoms with Crippen molar-refractivity contribution in [2.45, 2.75) is 6.54 Å². The molecule has 110 valence electrons. The lowest BCUT2D eigenvalue weighted by atomic mass is 10.3. The first kappa shape index (κ1) is 15.2. The third-order valence-electron chi connectivity index (χ3n) is 3.22. The van der Waals surface area contributed by atoms with E-state index in [1.54, 1.807) is 12.3 Å². The second kappa shape index (κ2) is 7.56. The summed E-state index contributed by atoms with van der Waals surface area (Å²) in [5.74, 6) is -0.139. The van der Waals surface area contributed by atoms with Gasteiger partial charge in [-0.25, -0.2) is 0 Å². The molecule has 1 amide bonds. The molecule has 0 spiro atoms. The topological polar surface area (TPSA) is 66.4 Å². The first-order valence-electron chi connectivity index (χ1n) is 6.71. The number of hydrogen-bond acceptors (Lipinski definition) is 4. The van der Waals surface area contributed by atoms with E-state index in [0.29, 0.717) is 6.54 Å². The Kier molecular flexibility index (Phi) is 5.75. The zero-order valence-electron chi connectivity index (χ0n) is 11.3. The van der Waals surface area contributed by atoms with Gasteiger partial charge in [-0.15, -0.1) is 0 Å². The Hall–Kier alpha value is -1.18. The van der Waals surface area contributed by atoms with Crippen LogP contribution in [0.4, 0.5) is 0 Å². The van der Waals surface area contributed by atoms with Crippen LogP contribution < -0.4 is 16.2 Å². The highest BCUT2D eigenvalue weighted by Gasteiger charge is 2.09. The first-order chi connectivity index (χ1) is 9.65. The minimum absolute atomic E-state index is 0.0554. The average molecular weight is 343 g/mol. The Morgan fingerprint density at radius 2 is 2.10 bits per heavy atom. The van der Waals surface area contributed by atoms with E-state index in [2.05, 4.69) is 31.5 Å². The number of nitrogens with zero attached hydrogens (tertiary/aromatic N) is 2. The lowest BCUT2D eigenvalue weighted by molar-refractivity contribution is -0.121. The molecule has 6 nitrogen and oxygen atoms in total. The Balaban J connectivity index is 1.74. The van der Waals surface area contributed by atoms with Crippen molar-refractivity contribution in [3.63, 3.8) is 0 Å². The quantitative estimate of drug-likeness (QED) is 0.766. The Morgan fingerprint density at radius 3 is 2.85 bits per heavy atom. The molecule has 0 aromatic carbocycles. The van der Waals surface area contributed by atoms with Crippen molar-refractivity contribution in [2.75, 3.05) is 39.3 Å². The van der Waals surface area contributed by atoms with Crippen molar-refractivity contribution in [3.8, 4) is 0 Å². The molecule has 0 atom stereocenters. The van der Waals surface area contributed by atoms with Gasteiger partial charge in [-0.05, 0) is 22.0 Å². The van der Waals surface area contributed by atoms with Crippen molar-refractivity contribution in [1.29, 1.82) is 0 Å². The summed E-state index contributed by atoms with van der Waals surface area (Å²) >= 11 is 3.29. The summed E-state index contributed by atoms with van der Waals surface area (Å²) in [7, 11) is 0. The number of piperazine rings is 1. The Morgan fingerprint density at radius 1 is 1.35 bits per heavy atom. The summed E-state index contributed by atoms with van der Waals surface area (Å²) in [5.41, 5.74) is -0.176. The van der Waals surface area contributed by atoms with Crippen LogP contribution in [0.1, 0.15) is 0 Å². The fraction of sp³-hybridized carbons (Fsp3) is 0.538. The molecule has 1 fully saturated rings. The molecule has 1 aromatic heterocycles. The fourth-order valence-electron chi connectivity index (χ4n) is 2.12. The molecule has 0 radical (unpaired) electrons. The minimum Gasteiger partial charge on any atom is -0.353 e. The number of nitrogens with one attached hydrogen (secondary N) is 2. The molecular formula is C13H19BrN4O2. The van der Waals surface area contributed by atoms with Gasteiger partial charge < -0.3 is 15.2 Å². The van der Waals surface area contributed by atoms with Gasteiger partial charge in [0, 0.05) is 56.0 Å². The number of pyridine rings is 1. The van der Waals surface area contributed by atoms with Gasteiger partial charge in [-0.3, -0.25) is 14.5 Å². The molecule has 20 heavy (non-hydrogen) atoms. The highest BCUT2D eigenvalue weighted by Crippen LogP contribution is 2.04. The maximum Gasteiger partial charge on any atom is 0.251 e. The SMILES string of the molecule is O=C(Cn1cc(Br)ccc1=O)NCCN1CCNCC1. The molecule has 0 saturated carbocycles. The molecule has 1 aromatic rings. The molecule has 2 N–H and O–H groups in total. The van der Waals surface area contributed by atoms with Crippen molar-refractivity contribution >= 4 is 21.8 Å². The fourth-order valence-corrected chi connectivity index (χ4v) is 2.50. The van der Waals surface area contributed by atoms with Gasteiger partial charge in [0.2, 0.25) is 5.91 Å². The van der Waals surface area contributed by atoms with Crippen molar-refractivity contribution in [2.24, 2.45) is 0 Å². The summed E-state index contributed by atoms with van der Waals surface area (Å²) < 4.78 is 2.18. The third kappa shape index (κ3) is 4.73. The van der Waals surface area contributed by atoms with Crippen LogP contribution in [0, 0.1) is 0 Å². The zero-order chi connectivity index (χ0) is 14.4. The van der Waals surface area contributed by atoms with Crippen LogP contribution in [0.25, 0.3) is 0 Å². The van der Waals surface area contributed by atoms with E-state index in [4.69, 9.17) is 0 Å². The molecular weight excluding hydrogens is 324 g/mol. The summed E-state index contributed by atoms with van der Waals surface area (Å²) in [6.07, 6.45) is 1.62. The number of amides is 1. The van der Waals surface area contributed by atoms with Gasteiger partial charge in [-0.1, -0.05) is 0 Å². The van der Waals surface area contributed by atoms with Gasteiger partial charge in [0.15, 0.2) is 0 Å². The third-order valence-corrected chi connectivity index (χ3v) is 3.69. The zero-order valence-corrected chi connectivity index (χ0v) is 12.9. The van der Waals surface area contributed by atoms with Crippen molar-refractivity contribution in [3.05, 3.63) is 33.2 Å². The molecule has 0 aliphatic carbocycles. The van der Waals surface area contributed by atoms with Crippen LogP contribution in [0.3, 0.4) is 0 Å². The van der Waals surface area contributed by atoms with Crippen LogP contribution >= 0.6 is 15.9 Å². The van der Waals surface area contributed by atoms with Crippen molar-refractivity contribution < 1.29 is 4.79 Å². The maximum absolute atomic E-state index is 11.8. The maximum atomic E-state index is 11.8. The number of halogens is 1. The molecule has 0 bridgehead atoms. The molecule has 1 saturated heterocycles. The van der Waals surface area contributed by atoms with Crippen LogP contribution in [0.5, 0.6) is 0 Å². The number of rotatable bonds is 5. The van der Waals surface area contributed by atoms with Gasteiger partial charge in [0.1, 0.15) is 6.54 Å². The van der Waals surface area contributed by atoms with E-state index in [9.17, 15) is 9.59 Å². The number of hydrogen-bond donors (Lipinski definition) is 2. The van der Waals surface area contributed by atoms with E-state index in [0.717, 1.165) is 37.2 Å². The number of aromatic nitrogens is 1. The van der Waals surface area contributed by atoms with Crippen LogP contribution in [0.2, 0.25) is 0 Å². The predicted octanol–water partition coefficient (Wildman–Crippen LogP) is -0.368. The van der Waals surface area contributed by atoms with Gasteiger partial charge in [-0.2, -0.15) is 0 Å². The second-order valence-electron chi connectivity index (χ2n) is 4.76. The molecule has 2 rings (SSSR count). The summed E-state index contributed by atoms with van der Waals surface area (Å²) in [6.45, 7) is 5.55. The lowest BCUT2D eigenvalue weighted by Gasteiger charge is -2.27. The molecule has 7 heteroatoms. The van der Waals surface area contributed by atoms with E-state index >= 15 is 0 Å². The Bertz CT molecular complexity index is 511. The molecule has 0 unspecified atom stereocenters. The predicted molar refractivity (Wildman–Crippen MR) is 80.7 cm³/mol.